The van der Waals surface area contributed by atoms with Crippen molar-refractivity contribution >= 4 is 5.82 Å². The van der Waals surface area contributed by atoms with Crippen molar-refractivity contribution < 1.29 is 0 Å². The summed E-state index contributed by atoms with van der Waals surface area (Å²) in [6.07, 6.45) is 6.07. The number of rotatable bonds is 6. The lowest BCUT2D eigenvalue weighted by molar-refractivity contribution is 0.200. The summed E-state index contributed by atoms with van der Waals surface area (Å²) in [5.74, 6) is 3.43. The number of likely N-dealkylation sites (tertiary alicyclic amines) is 1. The summed E-state index contributed by atoms with van der Waals surface area (Å²) >= 11 is 0. The standard InChI is InChI=1S/C19H30N8/c1-15-20-18(13-19(21-15)26-10-3-4-11-26)17-7-5-8-25(14-17)9-6-12-27-16(2)22-23-24-27/h13,17H,3-12,14H2,1-2H3. The molecular weight excluding hydrogens is 340 g/mol. The number of aromatic nitrogens is 6. The summed E-state index contributed by atoms with van der Waals surface area (Å²) in [6, 6.07) is 2.25. The zero-order chi connectivity index (χ0) is 18.6. The molecule has 0 aromatic carbocycles. The third-order valence-corrected chi connectivity index (χ3v) is 5.75. The molecule has 146 valence electrons. The molecule has 0 radical (unpaired) electrons. The molecule has 2 saturated heterocycles. The fraction of sp³-hybridized carbons (Fsp3) is 0.737. The van der Waals surface area contributed by atoms with Crippen LogP contribution in [0.2, 0.25) is 0 Å². The van der Waals surface area contributed by atoms with Crippen molar-refractivity contribution in [3.63, 3.8) is 0 Å². The molecule has 2 aromatic rings. The van der Waals surface area contributed by atoms with Crippen LogP contribution in [0.25, 0.3) is 0 Å². The number of anilines is 1. The van der Waals surface area contributed by atoms with Crippen LogP contribution in [-0.2, 0) is 6.54 Å². The van der Waals surface area contributed by atoms with Gasteiger partial charge in [-0.1, -0.05) is 0 Å². The van der Waals surface area contributed by atoms with Crippen LogP contribution < -0.4 is 4.90 Å². The molecule has 0 N–H and O–H groups in total. The molecule has 0 spiro atoms. The first-order valence-corrected chi connectivity index (χ1v) is 10.2. The van der Waals surface area contributed by atoms with Crippen molar-refractivity contribution in [2.45, 2.75) is 58.4 Å². The molecule has 8 heteroatoms. The van der Waals surface area contributed by atoms with Crippen LogP contribution >= 0.6 is 0 Å². The Kier molecular flexibility index (Phi) is 5.61. The van der Waals surface area contributed by atoms with E-state index in [0.717, 1.165) is 56.6 Å². The van der Waals surface area contributed by atoms with E-state index in [-0.39, 0.29) is 0 Å². The lowest BCUT2D eigenvalue weighted by Crippen LogP contribution is -2.36. The molecule has 2 aliphatic rings. The Balaban J connectivity index is 1.37. The Morgan fingerprint density at radius 3 is 2.67 bits per heavy atom. The molecule has 4 heterocycles. The first kappa shape index (κ1) is 18.3. The van der Waals surface area contributed by atoms with E-state index in [9.17, 15) is 0 Å². The van der Waals surface area contributed by atoms with Gasteiger partial charge in [0, 0.05) is 38.2 Å². The quantitative estimate of drug-likeness (QED) is 0.769. The monoisotopic (exact) mass is 370 g/mol. The van der Waals surface area contributed by atoms with E-state index in [1.807, 2.05) is 18.5 Å². The predicted molar refractivity (Wildman–Crippen MR) is 104 cm³/mol. The summed E-state index contributed by atoms with van der Waals surface area (Å²) in [4.78, 5) is 14.5. The lowest BCUT2D eigenvalue weighted by atomic mass is 9.94. The maximum Gasteiger partial charge on any atom is 0.148 e. The minimum absolute atomic E-state index is 0.511. The van der Waals surface area contributed by atoms with Gasteiger partial charge in [-0.25, -0.2) is 14.6 Å². The second-order valence-electron chi connectivity index (χ2n) is 7.83. The molecule has 2 aromatic heterocycles. The third-order valence-electron chi connectivity index (χ3n) is 5.75. The average Bonchev–Trinajstić information content (AvgIpc) is 3.34. The van der Waals surface area contributed by atoms with Crippen LogP contribution in [-0.4, -0.2) is 67.8 Å². The van der Waals surface area contributed by atoms with Crippen molar-refractivity contribution in [2.75, 3.05) is 37.6 Å². The summed E-state index contributed by atoms with van der Waals surface area (Å²) < 4.78 is 1.89. The van der Waals surface area contributed by atoms with Gasteiger partial charge in [-0.05, 0) is 69.5 Å². The normalized spacial score (nSPS) is 21.1. The number of tetrazole rings is 1. The topological polar surface area (TPSA) is 75.9 Å². The first-order valence-electron chi connectivity index (χ1n) is 10.2. The van der Waals surface area contributed by atoms with Gasteiger partial charge in [-0.15, -0.1) is 5.10 Å². The second-order valence-corrected chi connectivity index (χ2v) is 7.83. The van der Waals surface area contributed by atoms with Gasteiger partial charge < -0.3 is 9.80 Å². The molecule has 0 aliphatic carbocycles. The van der Waals surface area contributed by atoms with E-state index in [1.165, 1.54) is 37.9 Å². The second kappa shape index (κ2) is 8.29. The van der Waals surface area contributed by atoms with E-state index in [0.29, 0.717) is 5.92 Å². The minimum Gasteiger partial charge on any atom is -0.357 e. The first-order chi connectivity index (χ1) is 13.2. The lowest BCUT2D eigenvalue weighted by Gasteiger charge is -2.33. The van der Waals surface area contributed by atoms with Gasteiger partial charge in [-0.2, -0.15) is 0 Å². The van der Waals surface area contributed by atoms with Crippen LogP contribution in [0.3, 0.4) is 0 Å². The fourth-order valence-corrected chi connectivity index (χ4v) is 4.29. The van der Waals surface area contributed by atoms with Gasteiger partial charge in [0.25, 0.3) is 0 Å². The summed E-state index contributed by atoms with van der Waals surface area (Å²) in [7, 11) is 0. The zero-order valence-corrected chi connectivity index (χ0v) is 16.5. The van der Waals surface area contributed by atoms with Crippen LogP contribution in [0.5, 0.6) is 0 Å². The van der Waals surface area contributed by atoms with Gasteiger partial charge in [0.2, 0.25) is 0 Å². The average molecular weight is 371 g/mol. The Labute approximate surface area is 161 Å². The Morgan fingerprint density at radius 2 is 1.89 bits per heavy atom. The Bertz CT molecular complexity index is 752. The summed E-state index contributed by atoms with van der Waals surface area (Å²) in [5.41, 5.74) is 1.23. The van der Waals surface area contributed by atoms with Crippen LogP contribution in [0.15, 0.2) is 6.07 Å². The molecule has 1 unspecified atom stereocenters. The van der Waals surface area contributed by atoms with Crippen LogP contribution in [0.4, 0.5) is 5.82 Å². The SMILES string of the molecule is Cc1nc(C2CCCN(CCCn3nnnc3C)C2)cc(N2CCCC2)n1. The van der Waals surface area contributed by atoms with E-state index in [4.69, 9.17) is 9.97 Å². The maximum atomic E-state index is 4.80. The zero-order valence-electron chi connectivity index (χ0n) is 16.5. The van der Waals surface area contributed by atoms with E-state index < -0.39 is 0 Å². The van der Waals surface area contributed by atoms with E-state index in [1.54, 1.807) is 0 Å². The van der Waals surface area contributed by atoms with Gasteiger partial charge >= 0.3 is 0 Å². The molecule has 1 atom stereocenters. The summed E-state index contributed by atoms with van der Waals surface area (Å²) in [6.45, 7) is 10.5. The van der Waals surface area contributed by atoms with Gasteiger partial charge in [0.1, 0.15) is 17.5 Å². The van der Waals surface area contributed by atoms with Crippen molar-refractivity contribution in [2.24, 2.45) is 0 Å². The fourth-order valence-electron chi connectivity index (χ4n) is 4.29. The van der Waals surface area contributed by atoms with E-state index >= 15 is 0 Å². The van der Waals surface area contributed by atoms with Crippen molar-refractivity contribution in [1.82, 2.24) is 35.1 Å². The van der Waals surface area contributed by atoms with Gasteiger partial charge in [-0.3, -0.25) is 0 Å². The van der Waals surface area contributed by atoms with Gasteiger partial charge in [0.05, 0.1) is 5.69 Å². The molecule has 4 rings (SSSR count). The highest BCUT2D eigenvalue weighted by Crippen LogP contribution is 2.28. The smallest absolute Gasteiger partial charge is 0.148 e. The third kappa shape index (κ3) is 4.43. The Hall–Kier alpha value is -2.09. The Morgan fingerprint density at radius 1 is 1.04 bits per heavy atom. The summed E-state index contributed by atoms with van der Waals surface area (Å²) in [5, 5.41) is 11.7. The number of nitrogens with zero attached hydrogens (tertiary/aromatic N) is 8. The highest BCUT2D eigenvalue weighted by Gasteiger charge is 2.24. The van der Waals surface area contributed by atoms with E-state index in [2.05, 4.69) is 31.4 Å². The van der Waals surface area contributed by atoms with Crippen molar-refractivity contribution in [3.8, 4) is 0 Å². The number of piperidine rings is 1. The van der Waals surface area contributed by atoms with Crippen molar-refractivity contribution in [3.05, 3.63) is 23.4 Å². The van der Waals surface area contributed by atoms with Crippen molar-refractivity contribution in [1.29, 1.82) is 0 Å². The van der Waals surface area contributed by atoms with Gasteiger partial charge in [0.15, 0.2) is 0 Å². The highest BCUT2D eigenvalue weighted by molar-refractivity contribution is 5.41. The van der Waals surface area contributed by atoms with Crippen LogP contribution in [0.1, 0.15) is 55.4 Å². The molecule has 0 amide bonds. The molecule has 2 aliphatic heterocycles. The number of aryl methyl sites for hydroxylation is 3. The minimum atomic E-state index is 0.511. The largest absolute Gasteiger partial charge is 0.357 e. The number of hydrogen-bond donors (Lipinski definition) is 0. The molecule has 2 fully saturated rings. The molecule has 0 saturated carbocycles. The van der Waals surface area contributed by atoms with Crippen LogP contribution in [0, 0.1) is 13.8 Å². The highest BCUT2D eigenvalue weighted by atomic mass is 15.5. The molecule has 27 heavy (non-hydrogen) atoms. The predicted octanol–water partition coefficient (Wildman–Crippen LogP) is 1.95. The number of hydrogen-bond acceptors (Lipinski definition) is 7. The maximum absolute atomic E-state index is 4.80. The molecule has 0 bridgehead atoms. The molecular formula is C19H30N8. The molecule has 8 nitrogen and oxygen atoms in total.